The molecule has 0 nitrogen and oxygen atoms in total. The maximum Gasteiger partial charge on any atom is -0.0163 e. The second kappa shape index (κ2) is 6.61. The molecule has 3 atom stereocenters. The molecular formula is C20H30. The summed E-state index contributed by atoms with van der Waals surface area (Å²) in [4.78, 5) is 0. The summed E-state index contributed by atoms with van der Waals surface area (Å²) in [6.45, 7) is 17.0. The molecular weight excluding hydrogens is 240 g/mol. The minimum Gasteiger partial charge on any atom is -0.0999 e. The Kier molecular flexibility index (Phi) is 5.07. The van der Waals surface area contributed by atoms with E-state index in [0.29, 0.717) is 5.92 Å². The van der Waals surface area contributed by atoms with Crippen molar-refractivity contribution in [1.82, 2.24) is 0 Å². The quantitative estimate of drug-likeness (QED) is 0.531. The van der Waals surface area contributed by atoms with Gasteiger partial charge in [0, 0.05) is 0 Å². The predicted molar refractivity (Wildman–Crippen MR) is 89.6 cm³/mol. The first-order valence-electron chi connectivity index (χ1n) is 8.13. The van der Waals surface area contributed by atoms with E-state index in [-0.39, 0.29) is 0 Å². The normalized spacial score (nSPS) is 30.8. The van der Waals surface area contributed by atoms with Crippen LogP contribution in [0.1, 0.15) is 58.8 Å². The standard InChI is InChI=1S/C20H30/c1-14(2)18-10-7-17(8-11-18)12-20-13-19(15(3)4)9-6-16(20)5/h7,18-20H,1,3,5-6,8-13H2,2,4H3/t18-,19+,20-/m0/s1. The molecule has 0 saturated heterocycles. The topological polar surface area (TPSA) is 0 Å². The van der Waals surface area contributed by atoms with Crippen molar-refractivity contribution in [2.45, 2.75) is 58.8 Å². The van der Waals surface area contributed by atoms with E-state index in [0.717, 1.165) is 11.8 Å². The largest absolute Gasteiger partial charge is 0.0999 e. The van der Waals surface area contributed by atoms with Gasteiger partial charge >= 0.3 is 0 Å². The second-order valence-electron chi connectivity index (χ2n) is 7.06. The maximum absolute atomic E-state index is 4.33. The van der Waals surface area contributed by atoms with E-state index in [9.17, 15) is 0 Å². The van der Waals surface area contributed by atoms with Gasteiger partial charge in [0.1, 0.15) is 0 Å². The molecule has 0 heteroatoms. The molecule has 0 heterocycles. The monoisotopic (exact) mass is 270 g/mol. The Morgan fingerprint density at radius 3 is 2.30 bits per heavy atom. The average Bonchev–Trinajstić information content (AvgIpc) is 2.41. The average molecular weight is 270 g/mol. The molecule has 0 N–H and O–H groups in total. The van der Waals surface area contributed by atoms with Crippen molar-refractivity contribution >= 4 is 0 Å². The third-order valence-electron chi connectivity index (χ3n) is 5.37. The van der Waals surface area contributed by atoms with Crippen molar-refractivity contribution in [1.29, 1.82) is 0 Å². The first-order valence-corrected chi connectivity index (χ1v) is 8.13. The van der Waals surface area contributed by atoms with Gasteiger partial charge < -0.3 is 0 Å². The van der Waals surface area contributed by atoms with Crippen molar-refractivity contribution in [3.8, 4) is 0 Å². The van der Waals surface area contributed by atoms with Crippen LogP contribution in [-0.2, 0) is 0 Å². The number of rotatable bonds is 4. The van der Waals surface area contributed by atoms with Crippen LogP contribution < -0.4 is 0 Å². The highest BCUT2D eigenvalue weighted by Gasteiger charge is 2.26. The van der Waals surface area contributed by atoms with Gasteiger partial charge in [0.05, 0.1) is 0 Å². The van der Waals surface area contributed by atoms with Crippen molar-refractivity contribution in [2.24, 2.45) is 17.8 Å². The molecule has 0 aromatic rings. The molecule has 2 rings (SSSR count). The third kappa shape index (κ3) is 3.75. The second-order valence-corrected chi connectivity index (χ2v) is 7.06. The summed E-state index contributed by atoms with van der Waals surface area (Å²) in [7, 11) is 0. The van der Waals surface area contributed by atoms with Gasteiger partial charge in [-0.15, -0.1) is 0 Å². The minimum atomic E-state index is 0.693. The van der Waals surface area contributed by atoms with E-state index in [1.54, 1.807) is 5.57 Å². The molecule has 110 valence electrons. The SMILES string of the molecule is C=C(C)[C@@H]1CCC(=C)[C@@H](CC2=CC[C@H](C(=C)C)CC2)C1. The van der Waals surface area contributed by atoms with Crippen LogP contribution >= 0.6 is 0 Å². The van der Waals surface area contributed by atoms with E-state index in [1.165, 1.54) is 61.7 Å². The van der Waals surface area contributed by atoms with Crippen molar-refractivity contribution in [2.75, 3.05) is 0 Å². The Morgan fingerprint density at radius 2 is 1.75 bits per heavy atom. The summed E-state index contributed by atoms with van der Waals surface area (Å²) in [5.41, 5.74) is 5.86. The van der Waals surface area contributed by atoms with Gasteiger partial charge in [-0.1, -0.05) is 48.1 Å². The lowest BCUT2D eigenvalue weighted by Gasteiger charge is -2.33. The van der Waals surface area contributed by atoms with Crippen molar-refractivity contribution in [3.63, 3.8) is 0 Å². The molecule has 2 aliphatic carbocycles. The Balaban J connectivity index is 1.93. The lowest BCUT2D eigenvalue weighted by atomic mass is 9.72. The van der Waals surface area contributed by atoms with Crippen LogP contribution in [0.4, 0.5) is 0 Å². The molecule has 0 spiro atoms. The van der Waals surface area contributed by atoms with Gasteiger partial charge in [0.25, 0.3) is 0 Å². The predicted octanol–water partition coefficient (Wildman–Crippen LogP) is 6.23. The summed E-state index contributed by atoms with van der Waals surface area (Å²) in [5.74, 6) is 2.13. The molecule has 0 amide bonds. The summed E-state index contributed by atoms with van der Waals surface area (Å²) in [6.07, 6.45) is 11.2. The molecule has 0 unspecified atom stereocenters. The zero-order valence-corrected chi connectivity index (χ0v) is 13.4. The van der Waals surface area contributed by atoms with Crippen LogP contribution in [-0.4, -0.2) is 0 Å². The summed E-state index contributed by atoms with van der Waals surface area (Å²) < 4.78 is 0. The van der Waals surface area contributed by atoms with E-state index in [4.69, 9.17) is 0 Å². The molecule has 0 aliphatic heterocycles. The van der Waals surface area contributed by atoms with Crippen LogP contribution in [0.5, 0.6) is 0 Å². The lowest BCUT2D eigenvalue weighted by Crippen LogP contribution is -2.19. The highest BCUT2D eigenvalue weighted by atomic mass is 14.3. The van der Waals surface area contributed by atoms with E-state index in [2.05, 4.69) is 39.7 Å². The van der Waals surface area contributed by atoms with Gasteiger partial charge in [-0.05, 0) is 76.5 Å². The molecule has 0 bridgehead atoms. The fraction of sp³-hybridized carbons (Fsp3) is 0.600. The van der Waals surface area contributed by atoms with Crippen LogP contribution in [0.2, 0.25) is 0 Å². The van der Waals surface area contributed by atoms with Crippen molar-refractivity contribution in [3.05, 3.63) is 48.1 Å². The highest BCUT2D eigenvalue weighted by Crippen LogP contribution is 2.40. The minimum absolute atomic E-state index is 0.693. The molecule has 20 heavy (non-hydrogen) atoms. The Morgan fingerprint density at radius 1 is 1.10 bits per heavy atom. The van der Waals surface area contributed by atoms with Crippen LogP contribution in [0.25, 0.3) is 0 Å². The molecule has 2 aliphatic rings. The Bertz CT molecular complexity index is 435. The van der Waals surface area contributed by atoms with Crippen LogP contribution in [0.15, 0.2) is 48.1 Å². The Hall–Kier alpha value is -1.04. The van der Waals surface area contributed by atoms with E-state index >= 15 is 0 Å². The zero-order valence-electron chi connectivity index (χ0n) is 13.4. The maximum atomic E-state index is 4.33. The third-order valence-corrected chi connectivity index (χ3v) is 5.37. The molecule has 0 aromatic heterocycles. The summed E-state index contributed by atoms with van der Waals surface area (Å²) >= 11 is 0. The van der Waals surface area contributed by atoms with Crippen LogP contribution in [0.3, 0.4) is 0 Å². The van der Waals surface area contributed by atoms with Gasteiger partial charge in [-0.2, -0.15) is 0 Å². The fourth-order valence-electron chi connectivity index (χ4n) is 3.70. The number of hydrogen-bond acceptors (Lipinski definition) is 0. The van der Waals surface area contributed by atoms with Gasteiger partial charge in [0.15, 0.2) is 0 Å². The van der Waals surface area contributed by atoms with Crippen molar-refractivity contribution < 1.29 is 0 Å². The zero-order chi connectivity index (χ0) is 14.7. The number of allylic oxidation sites excluding steroid dienone is 5. The molecule has 1 saturated carbocycles. The first-order chi connectivity index (χ1) is 9.47. The van der Waals surface area contributed by atoms with Gasteiger partial charge in [0.2, 0.25) is 0 Å². The molecule has 1 fully saturated rings. The van der Waals surface area contributed by atoms with Gasteiger partial charge in [-0.3, -0.25) is 0 Å². The van der Waals surface area contributed by atoms with E-state index < -0.39 is 0 Å². The molecule has 0 aromatic carbocycles. The lowest BCUT2D eigenvalue weighted by molar-refractivity contribution is 0.362. The smallest absolute Gasteiger partial charge is 0.0163 e. The summed E-state index contributed by atoms with van der Waals surface area (Å²) in [6, 6.07) is 0. The number of hydrogen-bond donors (Lipinski definition) is 0. The van der Waals surface area contributed by atoms with Crippen LogP contribution in [0, 0.1) is 17.8 Å². The van der Waals surface area contributed by atoms with E-state index in [1.807, 2.05) is 0 Å². The highest BCUT2D eigenvalue weighted by molar-refractivity contribution is 5.18. The first kappa shape index (κ1) is 15.4. The summed E-state index contributed by atoms with van der Waals surface area (Å²) in [5, 5.41) is 0. The van der Waals surface area contributed by atoms with Gasteiger partial charge in [-0.25, -0.2) is 0 Å². The fourth-order valence-corrected chi connectivity index (χ4v) is 3.70. The molecule has 0 radical (unpaired) electrons. The Labute approximate surface area is 125 Å².